The van der Waals surface area contributed by atoms with Crippen LogP contribution in [0.2, 0.25) is 0 Å². The Labute approximate surface area is 92.3 Å². The number of rotatable bonds is 3. The average Bonchev–Trinajstić information content (AvgIpc) is 1.99. The topological polar surface area (TPSA) is 49.3 Å². The molecule has 1 fully saturated rings. The first-order valence-corrected chi connectivity index (χ1v) is 5.79. The molecule has 1 saturated carbocycles. The molecule has 1 aliphatic carbocycles. The summed E-state index contributed by atoms with van der Waals surface area (Å²) in [7, 11) is 0. The first-order chi connectivity index (χ1) is 6.80. The normalized spacial score (nSPS) is 32.3. The van der Waals surface area contributed by atoms with Crippen LogP contribution in [-0.2, 0) is 4.79 Å². The van der Waals surface area contributed by atoms with E-state index in [2.05, 4.69) is 26.1 Å². The minimum absolute atomic E-state index is 0.341. The van der Waals surface area contributed by atoms with E-state index < -0.39 is 12.0 Å². The highest BCUT2D eigenvalue weighted by Gasteiger charge is 2.32. The Morgan fingerprint density at radius 2 is 2.07 bits per heavy atom. The third-order valence-corrected chi connectivity index (χ3v) is 3.24. The van der Waals surface area contributed by atoms with E-state index >= 15 is 0 Å². The van der Waals surface area contributed by atoms with E-state index in [0.717, 1.165) is 12.8 Å². The molecule has 15 heavy (non-hydrogen) atoms. The fraction of sp³-hybridized carbons (Fsp3) is 0.917. The van der Waals surface area contributed by atoms with Crippen molar-refractivity contribution in [1.29, 1.82) is 0 Å². The summed E-state index contributed by atoms with van der Waals surface area (Å²) in [5.41, 5.74) is 0.341. The van der Waals surface area contributed by atoms with E-state index in [1.54, 1.807) is 6.92 Å². The lowest BCUT2D eigenvalue weighted by Gasteiger charge is -2.40. The van der Waals surface area contributed by atoms with E-state index in [1.165, 1.54) is 6.42 Å². The molecule has 3 atom stereocenters. The molecule has 0 aliphatic heterocycles. The molecular weight excluding hydrogens is 190 g/mol. The van der Waals surface area contributed by atoms with E-state index in [1.807, 2.05) is 0 Å². The minimum Gasteiger partial charge on any atom is -0.480 e. The number of carboxylic acid groups (broad SMARTS) is 1. The van der Waals surface area contributed by atoms with Crippen LogP contribution in [0.1, 0.15) is 47.0 Å². The predicted molar refractivity (Wildman–Crippen MR) is 60.8 cm³/mol. The molecular formula is C12H23NO2. The molecule has 2 N–H and O–H groups in total. The molecule has 0 spiro atoms. The van der Waals surface area contributed by atoms with Gasteiger partial charge in [-0.1, -0.05) is 20.8 Å². The van der Waals surface area contributed by atoms with Gasteiger partial charge in [-0.25, -0.2) is 0 Å². The Balaban J connectivity index is 2.52. The van der Waals surface area contributed by atoms with Gasteiger partial charge < -0.3 is 10.4 Å². The number of hydrogen-bond acceptors (Lipinski definition) is 2. The highest BCUT2D eigenvalue weighted by molar-refractivity contribution is 5.72. The van der Waals surface area contributed by atoms with Gasteiger partial charge in [-0.3, -0.25) is 4.79 Å². The monoisotopic (exact) mass is 213 g/mol. The van der Waals surface area contributed by atoms with Gasteiger partial charge in [0.25, 0.3) is 0 Å². The molecule has 88 valence electrons. The zero-order valence-electron chi connectivity index (χ0n) is 10.2. The van der Waals surface area contributed by atoms with Crippen molar-refractivity contribution in [2.24, 2.45) is 11.3 Å². The van der Waals surface area contributed by atoms with Gasteiger partial charge in [0, 0.05) is 6.04 Å². The van der Waals surface area contributed by atoms with E-state index in [-0.39, 0.29) is 0 Å². The number of aliphatic carboxylic acids is 1. The maximum absolute atomic E-state index is 10.8. The summed E-state index contributed by atoms with van der Waals surface area (Å²) in [6.45, 7) is 8.50. The lowest BCUT2D eigenvalue weighted by atomic mass is 9.70. The molecule has 1 aliphatic rings. The zero-order valence-corrected chi connectivity index (χ0v) is 10.2. The van der Waals surface area contributed by atoms with Gasteiger partial charge in [-0.05, 0) is 37.5 Å². The molecule has 0 bridgehead atoms. The first kappa shape index (κ1) is 12.5. The molecule has 0 heterocycles. The largest absolute Gasteiger partial charge is 0.480 e. The SMILES string of the molecule is CC1CC(N[C@H](C)C(=O)O)CC(C)(C)C1. The minimum atomic E-state index is -0.758. The number of carbonyl (C=O) groups is 1. The van der Waals surface area contributed by atoms with Crippen molar-refractivity contribution in [3.8, 4) is 0 Å². The van der Waals surface area contributed by atoms with Crippen molar-refractivity contribution < 1.29 is 9.90 Å². The van der Waals surface area contributed by atoms with Gasteiger partial charge in [0.05, 0.1) is 0 Å². The van der Waals surface area contributed by atoms with E-state index in [9.17, 15) is 4.79 Å². The lowest BCUT2D eigenvalue weighted by molar-refractivity contribution is -0.139. The quantitative estimate of drug-likeness (QED) is 0.756. The molecule has 0 radical (unpaired) electrons. The number of hydrogen-bond donors (Lipinski definition) is 2. The van der Waals surface area contributed by atoms with Crippen LogP contribution < -0.4 is 5.32 Å². The Hall–Kier alpha value is -0.570. The predicted octanol–water partition coefficient (Wildman–Crippen LogP) is 2.26. The summed E-state index contributed by atoms with van der Waals surface area (Å²) in [6, 6.07) is -0.0778. The van der Waals surface area contributed by atoms with E-state index in [4.69, 9.17) is 5.11 Å². The maximum Gasteiger partial charge on any atom is 0.320 e. The molecule has 0 saturated heterocycles. The summed E-state index contributed by atoms with van der Waals surface area (Å²) in [5.74, 6) is -0.0710. The molecule has 0 aromatic carbocycles. The summed E-state index contributed by atoms with van der Waals surface area (Å²) < 4.78 is 0. The van der Waals surface area contributed by atoms with Gasteiger partial charge in [-0.2, -0.15) is 0 Å². The highest BCUT2D eigenvalue weighted by atomic mass is 16.4. The molecule has 0 aromatic heterocycles. The van der Waals surface area contributed by atoms with Crippen LogP contribution in [0.15, 0.2) is 0 Å². The second kappa shape index (κ2) is 4.52. The Kier molecular flexibility index (Phi) is 3.77. The van der Waals surface area contributed by atoms with Crippen molar-refractivity contribution in [2.45, 2.75) is 59.0 Å². The van der Waals surface area contributed by atoms with Crippen LogP contribution in [-0.4, -0.2) is 23.2 Å². The first-order valence-electron chi connectivity index (χ1n) is 5.79. The smallest absolute Gasteiger partial charge is 0.320 e. The standard InChI is InChI=1S/C12H23NO2/c1-8-5-10(7-12(3,4)6-8)13-9(2)11(14)15/h8-10,13H,5-7H2,1-4H3,(H,14,15)/t8?,9-,10?/m1/s1. The second-order valence-electron chi connectivity index (χ2n) is 5.84. The summed E-state index contributed by atoms with van der Waals surface area (Å²) >= 11 is 0. The molecule has 0 amide bonds. The van der Waals surface area contributed by atoms with Crippen LogP contribution >= 0.6 is 0 Å². The fourth-order valence-electron chi connectivity index (χ4n) is 2.90. The van der Waals surface area contributed by atoms with Crippen LogP contribution in [0.5, 0.6) is 0 Å². The molecule has 0 aromatic rings. The average molecular weight is 213 g/mol. The van der Waals surface area contributed by atoms with Gasteiger partial charge in [0.1, 0.15) is 6.04 Å². The van der Waals surface area contributed by atoms with Gasteiger partial charge in [0.2, 0.25) is 0 Å². The fourth-order valence-corrected chi connectivity index (χ4v) is 2.90. The Morgan fingerprint density at radius 1 is 1.47 bits per heavy atom. The van der Waals surface area contributed by atoms with Crippen LogP contribution in [0.3, 0.4) is 0 Å². The van der Waals surface area contributed by atoms with E-state index in [0.29, 0.717) is 17.4 Å². The van der Waals surface area contributed by atoms with Crippen molar-refractivity contribution in [2.75, 3.05) is 0 Å². The van der Waals surface area contributed by atoms with Gasteiger partial charge in [-0.15, -0.1) is 0 Å². The number of nitrogens with one attached hydrogen (secondary N) is 1. The van der Waals surface area contributed by atoms with Crippen molar-refractivity contribution >= 4 is 5.97 Å². The van der Waals surface area contributed by atoms with Crippen molar-refractivity contribution in [3.05, 3.63) is 0 Å². The highest BCUT2D eigenvalue weighted by Crippen LogP contribution is 2.38. The third kappa shape index (κ3) is 3.82. The van der Waals surface area contributed by atoms with Crippen LogP contribution in [0.25, 0.3) is 0 Å². The molecule has 2 unspecified atom stereocenters. The van der Waals surface area contributed by atoms with Gasteiger partial charge >= 0.3 is 5.97 Å². The van der Waals surface area contributed by atoms with Crippen molar-refractivity contribution in [1.82, 2.24) is 5.32 Å². The molecule has 3 nitrogen and oxygen atoms in total. The van der Waals surface area contributed by atoms with Crippen LogP contribution in [0, 0.1) is 11.3 Å². The van der Waals surface area contributed by atoms with Crippen LogP contribution in [0.4, 0.5) is 0 Å². The molecule has 1 rings (SSSR count). The lowest BCUT2D eigenvalue weighted by Crippen LogP contribution is -2.46. The summed E-state index contributed by atoms with van der Waals surface area (Å²) in [5, 5.41) is 12.1. The van der Waals surface area contributed by atoms with Crippen molar-refractivity contribution in [3.63, 3.8) is 0 Å². The third-order valence-electron chi connectivity index (χ3n) is 3.24. The Morgan fingerprint density at radius 3 is 2.53 bits per heavy atom. The number of carboxylic acids is 1. The Bertz CT molecular complexity index is 238. The maximum atomic E-state index is 10.8. The summed E-state index contributed by atoms with van der Waals surface area (Å²) in [4.78, 5) is 10.8. The molecule has 3 heteroatoms. The summed E-state index contributed by atoms with van der Waals surface area (Å²) in [6.07, 6.45) is 3.42. The second-order valence-corrected chi connectivity index (χ2v) is 5.84. The zero-order chi connectivity index (χ0) is 11.6. The van der Waals surface area contributed by atoms with Gasteiger partial charge in [0.15, 0.2) is 0 Å².